The van der Waals surface area contributed by atoms with E-state index in [2.05, 4.69) is 28.7 Å². The highest BCUT2D eigenvalue weighted by atomic mass is 19.4. The lowest BCUT2D eigenvalue weighted by Gasteiger charge is -2.22. The lowest BCUT2D eigenvalue weighted by Crippen LogP contribution is -2.37. The Morgan fingerprint density at radius 3 is 2.55 bits per heavy atom. The predicted octanol–water partition coefficient (Wildman–Crippen LogP) is 5.68. The number of halogens is 3. The van der Waals surface area contributed by atoms with Crippen molar-refractivity contribution >= 4 is 17.8 Å². The molecule has 2 aliphatic rings. The van der Waals surface area contributed by atoms with E-state index in [4.69, 9.17) is 9.47 Å². The topological polar surface area (TPSA) is 85.7 Å². The molecule has 1 N–H and O–H groups in total. The van der Waals surface area contributed by atoms with Crippen LogP contribution in [0, 0.1) is 0 Å². The minimum atomic E-state index is -4.41. The number of aromatic nitrogens is 2. The summed E-state index contributed by atoms with van der Waals surface area (Å²) in [7, 11) is 0. The summed E-state index contributed by atoms with van der Waals surface area (Å²) in [4.78, 5) is 28.0. The molecule has 0 bridgehead atoms. The molecule has 0 saturated heterocycles. The van der Waals surface area contributed by atoms with Crippen molar-refractivity contribution in [2.45, 2.75) is 97.5 Å². The highest BCUT2D eigenvalue weighted by molar-refractivity contribution is 5.77. The number of fused-ring (bicyclic) bond motifs is 2. The van der Waals surface area contributed by atoms with Gasteiger partial charge in [-0.15, -0.1) is 0 Å². The van der Waals surface area contributed by atoms with Gasteiger partial charge >= 0.3 is 12.1 Å². The van der Waals surface area contributed by atoms with Gasteiger partial charge in [0, 0.05) is 45.6 Å². The summed E-state index contributed by atoms with van der Waals surface area (Å²) in [6.45, 7) is 6.70. The van der Waals surface area contributed by atoms with Crippen LogP contribution in [0.2, 0.25) is 0 Å². The van der Waals surface area contributed by atoms with E-state index < -0.39 is 18.6 Å². The van der Waals surface area contributed by atoms with E-state index in [0.717, 1.165) is 67.3 Å². The highest BCUT2D eigenvalue weighted by Gasteiger charge is 2.34. The molecule has 40 heavy (non-hydrogen) atoms. The van der Waals surface area contributed by atoms with Crippen LogP contribution in [0.15, 0.2) is 24.4 Å². The smallest absolute Gasteiger partial charge is 0.406 e. The number of esters is 1. The van der Waals surface area contributed by atoms with Gasteiger partial charge in [0.15, 0.2) is 0 Å². The number of anilines is 1. The molecule has 1 amide bonds. The first-order chi connectivity index (χ1) is 19.1. The molecule has 0 unspecified atom stereocenters. The highest BCUT2D eigenvalue weighted by Crippen LogP contribution is 2.27. The van der Waals surface area contributed by atoms with Crippen LogP contribution >= 0.6 is 0 Å². The average Bonchev–Trinajstić information content (AvgIpc) is 3.23. The van der Waals surface area contributed by atoms with Crippen molar-refractivity contribution in [2.75, 3.05) is 25.0 Å². The molecule has 1 aromatic carbocycles. The predicted molar refractivity (Wildman–Crippen MR) is 146 cm³/mol. The van der Waals surface area contributed by atoms with Gasteiger partial charge < -0.3 is 24.3 Å². The Kier molecular flexibility index (Phi) is 11.7. The van der Waals surface area contributed by atoms with E-state index in [1.807, 2.05) is 18.3 Å². The number of nitrogens with zero attached hydrogens (tertiary/aromatic N) is 3. The molecule has 2 aromatic rings. The van der Waals surface area contributed by atoms with Crippen LogP contribution in [0.3, 0.4) is 0 Å². The number of imidazole rings is 1. The molecule has 222 valence electrons. The first-order valence-electron chi connectivity index (χ1n) is 14.1. The Bertz CT molecular complexity index is 1090. The van der Waals surface area contributed by atoms with Crippen molar-refractivity contribution in [3.8, 4) is 5.75 Å². The minimum absolute atomic E-state index is 0.0513. The van der Waals surface area contributed by atoms with Gasteiger partial charge in [0.1, 0.15) is 18.4 Å². The van der Waals surface area contributed by atoms with Crippen molar-refractivity contribution < 1.29 is 32.2 Å². The van der Waals surface area contributed by atoms with Crippen molar-refractivity contribution in [2.24, 2.45) is 0 Å². The molecule has 0 saturated carbocycles. The second-order valence-corrected chi connectivity index (χ2v) is 10.2. The van der Waals surface area contributed by atoms with E-state index in [-0.39, 0.29) is 25.0 Å². The molecule has 3 heterocycles. The van der Waals surface area contributed by atoms with E-state index >= 15 is 0 Å². The van der Waals surface area contributed by atoms with Crippen LogP contribution in [0.25, 0.3) is 0 Å². The number of carbonyl (C=O) groups excluding carboxylic acids is 2. The quantitative estimate of drug-likeness (QED) is 0.373. The van der Waals surface area contributed by atoms with Crippen molar-refractivity contribution in [1.82, 2.24) is 14.5 Å². The number of ether oxygens (including phenoxy) is 2. The summed E-state index contributed by atoms with van der Waals surface area (Å²) < 4.78 is 51.4. The summed E-state index contributed by atoms with van der Waals surface area (Å²) in [6.07, 6.45) is 4.15. The first-order valence-corrected chi connectivity index (χ1v) is 14.1. The number of rotatable bonds is 10. The number of aryl methyl sites for hydroxylation is 2. The number of hydrogen-bond donors (Lipinski definition) is 1. The molecule has 0 fully saturated rings. The summed E-state index contributed by atoms with van der Waals surface area (Å²) in [5.74, 6) is 0.841. The number of nitrogens with one attached hydrogen (secondary N) is 1. The standard InChI is InChI=1S/C20H23F3N4O2.C9H18O2/c21-20(22,23)13-27-11-15-10-17(4-2-14(15)3-5-18(27)28)29-9-6-16-12-26-8-1-7-24-19(26)25-16;1-4-6-9(7-5-2)11-8(3)10/h2,4,10,12H,1,3,5-9,11,13H2,(H,24,25);9H,4-7H2,1-3H3. The number of carbonyl (C=O) groups is 2. The molecule has 0 spiro atoms. The fourth-order valence-corrected chi connectivity index (χ4v) is 4.90. The number of hydrogen-bond acceptors (Lipinski definition) is 6. The second kappa shape index (κ2) is 14.9. The maximum absolute atomic E-state index is 12.8. The fourth-order valence-electron chi connectivity index (χ4n) is 4.90. The Morgan fingerprint density at radius 1 is 1.15 bits per heavy atom. The summed E-state index contributed by atoms with van der Waals surface area (Å²) in [5, 5.41) is 3.25. The minimum Gasteiger partial charge on any atom is -0.493 e. The third-order valence-electron chi connectivity index (χ3n) is 6.74. The maximum Gasteiger partial charge on any atom is 0.406 e. The number of alkyl halides is 3. The van der Waals surface area contributed by atoms with Gasteiger partial charge in [-0.1, -0.05) is 32.8 Å². The third-order valence-corrected chi connectivity index (χ3v) is 6.74. The molecule has 8 nitrogen and oxygen atoms in total. The Balaban J connectivity index is 0.000000342. The van der Waals surface area contributed by atoms with E-state index in [9.17, 15) is 22.8 Å². The molecule has 0 radical (unpaired) electrons. The molecule has 4 rings (SSSR count). The fraction of sp³-hybridized carbons (Fsp3) is 0.621. The van der Waals surface area contributed by atoms with Crippen molar-refractivity contribution in [1.29, 1.82) is 0 Å². The second-order valence-electron chi connectivity index (χ2n) is 10.2. The largest absolute Gasteiger partial charge is 0.493 e. The van der Waals surface area contributed by atoms with Crippen molar-refractivity contribution in [3.63, 3.8) is 0 Å². The summed E-state index contributed by atoms with van der Waals surface area (Å²) in [6, 6.07) is 5.40. The zero-order valence-electron chi connectivity index (χ0n) is 23.7. The average molecular weight is 567 g/mol. The lowest BCUT2D eigenvalue weighted by atomic mass is 10.0. The SMILES string of the molecule is CCCC(CCC)OC(C)=O.O=C1CCc2ccc(OCCc3cn4c(n3)NCCC4)cc2CN1CC(F)(F)F. The van der Waals surface area contributed by atoms with Crippen LogP contribution in [-0.2, 0) is 40.3 Å². The first kappa shape index (κ1) is 31.3. The van der Waals surface area contributed by atoms with Gasteiger partial charge in [0.2, 0.25) is 11.9 Å². The number of benzene rings is 1. The lowest BCUT2D eigenvalue weighted by molar-refractivity contribution is -0.162. The molecule has 0 aliphatic carbocycles. The van der Waals surface area contributed by atoms with Crippen LogP contribution in [0.5, 0.6) is 5.75 Å². The monoisotopic (exact) mass is 566 g/mol. The van der Waals surface area contributed by atoms with Gasteiger partial charge in [-0.2, -0.15) is 13.2 Å². The third kappa shape index (κ3) is 10.1. The van der Waals surface area contributed by atoms with Gasteiger partial charge in [0.05, 0.1) is 12.3 Å². The Hall–Kier alpha value is -3.24. The molecule has 11 heteroatoms. The Labute approximate surface area is 234 Å². The summed E-state index contributed by atoms with van der Waals surface area (Å²) >= 11 is 0. The van der Waals surface area contributed by atoms with E-state index in [1.165, 1.54) is 6.92 Å². The van der Waals surface area contributed by atoms with Crippen LogP contribution in [-0.4, -0.2) is 58.3 Å². The molecule has 1 aromatic heterocycles. The zero-order valence-corrected chi connectivity index (χ0v) is 23.7. The van der Waals surface area contributed by atoms with Crippen LogP contribution in [0.4, 0.5) is 19.1 Å². The molecule has 0 atom stereocenters. The normalized spacial score (nSPS) is 14.9. The Morgan fingerprint density at radius 2 is 1.90 bits per heavy atom. The van der Waals surface area contributed by atoms with Crippen LogP contribution < -0.4 is 10.1 Å². The number of amides is 1. The van der Waals surface area contributed by atoms with Gasteiger partial charge in [0.25, 0.3) is 0 Å². The van der Waals surface area contributed by atoms with Gasteiger partial charge in [-0.3, -0.25) is 9.59 Å². The van der Waals surface area contributed by atoms with Gasteiger partial charge in [-0.25, -0.2) is 4.98 Å². The van der Waals surface area contributed by atoms with E-state index in [1.54, 1.807) is 6.07 Å². The van der Waals surface area contributed by atoms with Crippen LogP contribution in [0.1, 0.15) is 76.1 Å². The maximum atomic E-state index is 12.8. The summed E-state index contributed by atoms with van der Waals surface area (Å²) in [5.41, 5.74) is 2.54. The molecular weight excluding hydrogens is 525 g/mol. The molecular formula is C29H41F3N4O4. The zero-order chi connectivity index (χ0) is 29.1. The molecule has 2 aliphatic heterocycles. The van der Waals surface area contributed by atoms with Crippen molar-refractivity contribution in [3.05, 3.63) is 41.2 Å². The van der Waals surface area contributed by atoms with Gasteiger partial charge in [-0.05, 0) is 48.9 Å². The van der Waals surface area contributed by atoms with E-state index in [0.29, 0.717) is 30.8 Å².